The van der Waals surface area contributed by atoms with E-state index >= 15 is 0 Å². The van der Waals surface area contributed by atoms with E-state index in [4.69, 9.17) is 4.74 Å². The minimum atomic E-state index is -0.310. The van der Waals surface area contributed by atoms with Crippen LogP contribution in [0.2, 0.25) is 0 Å². The predicted octanol–water partition coefficient (Wildman–Crippen LogP) is 7.37. The molecule has 0 spiro atoms. The number of aromatic nitrogens is 2. The highest BCUT2D eigenvalue weighted by molar-refractivity contribution is 5.93. The number of hydrogen-bond donors (Lipinski definition) is 1. The lowest BCUT2D eigenvalue weighted by molar-refractivity contribution is 0.0601. The summed E-state index contributed by atoms with van der Waals surface area (Å²) in [7, 11) is 1.40. The largest absolute Gasteiger partial charge is 0.465 e. The van der Waals surface area contributed by atoms with Crippen molar-refractivity contribution in [2.24, 2.45) is 0 Å². The first-order valence-electron chi connectivity index (χ1n) is 11.8. The molecule has 4 nitrogen and oxygen atoms in total. The fourth-order valence-electron chi connectivity index (χ4n) is 3.91. The fraction of sp³-hybridized carbons (Fsp3) is 0.680. The van der Waals surface area contributed by atoms with E-state index in [0.717, 1.165) is 23.3 Å². The van der Waals surface area contributed by atoms with Crippen LogP contribution < -0.4 is 0 Å². The second kappa shape index (κ2) is 14.2. The lowest BCUT2D eigenvalue weighted by Gasteiger charge is -2.03. The molecule has 4 heteroatoms. The SMILES string of the molecule is CCCCCCCCCCCCCCCCc1nc2ccc(C(=O)OC)cc2[nH]1. The Morgan fingerprint density at radius 3 is 1.97 bits per heavy atom. The van der Waals surface area contributed by atoms with E-state index in [0.29, 0.717) is 5.56 Å². The van der Waals surface area contributed by atoms with Crippen molar-refractivity contribution in [3.63, 3.8) is 0 Å². The Balaban J connectivity index is 1.49. The van der Waals surface area contributed by atoms with E-state index in [-0.39, 0.29) is 5.97 Å². The predicted molar refractivity (Wildman–Crippen MR) is 121 cm³/mol. The van der Waals surface area contributed by atoms with E-state index in [1.54, 1.807) is 6.07 Å². The van der Waals surface area contributed by atoms with Gasteiger partial charge in [0.1, 0.15) is 5.82 Å². The van der Waals surface area contributed by atoms with Crippen LogP contribution in [0, 0.1) is 0 Å². The number of nitrogens with zero attached hydrogens (tertiary/aromatic N) is 1. The molecule has 0 aliphatic rings. The summed E-state index contributed by atoms with van der Waals surface area (Å²) in [6, 6.07) is 5.47. The quantitative estimate of drug-likeness (QED) is 0.236. The molecule has 0 amide bonds. The number of aromatic amines is 1. The van der Waals surface area contributed by atoms with E-state index in [1.165, 1.54) is 97.0 Å². The van der Waals surface area contributed by atoms with Crippen LogP contribution in [0.5, 0.6) is 0 Å². The maximum Gasteiger partial charge on any atom is 0.337 e. The summed E-state index contributed by atoms with van der Waals surface area (Å²) in [5.41, 5.74) is 2.39. The molecule has 0 fully saturated rings. The molecule has 0 radical (unpaired) electrons. The van der Waals surface area contributed by atoms with Crippen LogP contribution in [0.25, 0.3) is 11.0 Å². The Hall–Kier alpha value is -1.84. The smallest absolute Gasteiger partial charge is 0.337 e. The molecule has 0 bridgehead atoms. The highest BCUT2D eigenvalue weighted by atomic mass is 16.5. The van der Waals surface area contributed by atoms with Gasteiger partial charge in [-0.2, -0.15) is 0 Å². The van der Waals surface area contributed by atoms with Crippen molar-refractivity contribution in [3.8, 4) is 0 Å². The molecule has 0 saturated carbocycles. The van der Waals surface area contributed by atoms with Crippen LogP contribution in [0.15, 0.2) is 18.2 Å². The lowest BCUT2D eigenvalue weighted by atomic mass is 10.0. The summed E-state index contributed by atoms with van der Waals surface area (Å²) in [6.07, 6.45) is 20.2. The maximum absolute atomic E-state index is 11.6. The average molecular weight is 401 g/mol. The molecule has 1 heterocycles. The van der Waals surface area contributed by atoms with Crippen molar-refractivity contribution in [2.45, 2.75) is 103 Å². The molecule has 0 saturated heterocycles. The normalized spacial score (nSPS) is 11.2. The number of hydrogen-bond acceptors (Lipinski definition) is 3. The summed E-state index contributed by atoms with van der Waals surface area (Å²) in [5.74, 6) is 0.705. The maximum atomic E-state index is 11.6. The van der Waals surface area contributed by atoms with E-state index in [1.807, 2.05) is 12.1 Å². The molecular formula is C25H40N2O2. The van der Waals surface area contributed by atoms with Gasteiger partial charge in [-0.05, 0) is 24.6 Å². The molecule has 0 atom stereocenters. The number of unbranched alkanes of at least 4 members (excludes halogenated alkanes) is 13. The second-order valence-corrected chi connectivity index (χ2v) is 8.25. The third-order valence-corrected chi connectivity index (χ3v) is 5.72. The number of esters is 1. The molecule has 0 unspecified atom stereocenters. The Morgan fingerprint density at radius 1 is 0.862 bits per heavy atom. The number of methoxy groups -OCH3 is 1. The van der Waals surface area contributed by atoms with Crippen molar-refractivity contribution in [3.05, 3.63) is 29.6 Å². The number of carbonyl (C=O) groups is 1. The lowest BCUT2D eigenvalue weighted by Crippen LogP contribution is -2.00. The number of imidazole rings is 1. The molecule has 2 aromatic rings. The van der Waals surface area contributed by atoms with Gasteiger partial charge in [0, 0.05) is 6.42 Å². The highest BCUT2D eigenvalue weighted by Crippen LogP contribution is 2.17. The molecule has 0 aliphatic heterocycles. The molecule has 1 aromatic carbocycles. The fourth-order valence-corrected chi connectivity index (χ4v) is 3.91. The number of aryl methyl sites for hydroxylation is 1. The third kappa shape index (κ3) is 9.01. The summed E-state index contributed by atoms with van der Waals surface area (Å²) in [4.78, 5) is 19.6. The molecule has 2 rings (SSSR count). The van der Waals surface area contributed by atoms with Crippen LogP contribution in [0.1, 0.15) is 113 Å². The van der Waals surface area contributed by atoms with Gasteiger partial charge in [0.05, 0.1) is 23.7 Å². The Bertz CT molecular complexity index is 708. The van der Waals surface area contributed by atoms with Crippen LogP contribution in [0.4, 0.5) is 0 Å². The highest BCUT2D eigenvalue weighted by Gasteiger charge is 2.08. The molecule has 162 valence electrons. The number of ether oxygens (including phenoxy) is 1. The van der Waals surface area contributed by atoms with Crippen LogP contribution in [-0.2, 0) is 11.2 Å². The average Bonchev–Trinajstić information content (AvgIpc) is 3.15. The van der Waals surface area contributed by atoms with Gasteiger partial charge in [-0.1, -0.05) is 90.4 Å². The zero-order chi connectivity index (χ0) is 20.7. The standard InChI is InChI=1S/C25H40N2O2/c1-3-4-5-6-7-8-9-10-11-12-13-14-15-16-17-24-26-22-19-18-21(25(28)29-2)20-23(22)27-24/h18-20H,3-17H2,1-2H3,(H,26,27). The van der Waals surface area contributed by atoms with E-state index in [9.17, 15) is 4.79 Å². The number of H-pyrrole nitrogens is 1. The van der Waals surface area contributed by atoms with E-state index in [2.05, 4.69) is 16.9 Å². The summed E-state index contributed by atoms with van der Waals surface area (Å²) >= 11 is 0. The Labute approximate surface area is 176 Å². The van der Waals surface area contributed by atoms with Crippen LogP contribution >= 0.6 is 0 Å². The van der Waals surface area contributed by atoms with Gasteiger partial charge in [0.15, 0.2) is 0 Å². The minimum Gasteiger partial charge on any atom is -0.465 e. The van der Waals surface area contributed by atoms with Crippen LogP contribution in [-0.4, -0.2) is 23.0 Å². The van der Waals surface area contributed by atoms with Gasteiger partial charge >= 0.3 is 5.97 Å². The minimum absolute atomic E-state index is 0.310. The zero-order valence-electron chi connectivity index (χ0n) is 18.6. The third-order valence-electron chi connectivity index (χ3n) is 5.72. The molecule has 0 aliphatic carbocycles. The summed E-state index contributed by atoms with van der Waals surface area (Å²) in [6.45, 7) is 2.28. The van der Waals surface area contributed by atoms with Crippen molar-refractivity contribution < 1.29 is 9.53 Å². The Morgan fingerprint density at radius 2 is 1.41 bits per heavy atom. The second-order valence-electron chi connectivity index (χ2n) is 8.25. The van der Waals surface area contributed by atoms with Gasteiger partial charge in [-0.25, -0.2) is 9.78 Å². The zero-order valence-corrected chi connectivity index (χ0v) is 18.6. The van der Waals surface area contributed by atoms with Crippen LogP contribution in [0.3, 0.4) is 0 Å². The van der Waals surface area contributed by atoms with Crippen molar-refractivity contribution >= 4 is 17.0 Å². The molecule has 1 aromatic heterocycles. The number of benzene rings is 1. The van der Waals surface area contributed by atoms with Gasteiger partial charge in [0.25, 0.3) is 0 Å². The first kappa shape index (κ1) is 23.4. The van der Waals surface area contributed by atoms with E-state index < -0.39 is 0 Å². The summed E-state index contributed by atoms with van der Waals surface area (Å²) < 4.78 is 4.78. The molecular weight excluding hydrogens is 360 g/mol. The first-order valence-corrected chi connectivity index (χ1v) is 11.8. The first-order chi connectivity index (χ1) is 14.2. The van der Waals surface area contributed by atoms with Gasteiger partial charge in [-0.15, -0.1) is 0 Å². The molecule has 29 heavy (non-hydrogen) atoms. The number of rotatable bonds is 16. The number of fused-ring (bicyclic) bond motifs is 1. The van der Waals surface area contributed by atoms with Gasteiger partial charge in [-0.3, -0.25) is 0 Å². The van der Waals surface area contributed by atoms with Gasteiger partial charge < -0.3 is 9.72 Å². The van der Waals surface area contributed by atoms with Crippen molar-refractivity contribution in [1.82, 2.24) is 9.97 Å². The number of carbonyl (C=O) groups excluding carboxylic acids is 1. The van der Waals surface area contributed by atoms with Crippen molar-refractivity contribution in [2.75, 3.05) is 7.11 Å². The summed E-state index contributed by atoms with van der Waals surface area (Å²) in [5, 5.41) is 0. The number of nitrogens with one attached hydrogen (secondary N) is 1. The van der Waals surface area contributed by atoms with Crippen molar-refractivity contribution in [1.29, 1.82) is 0 Å². The monoisotopic (exact) mass is 400 g/mol. The topological polar surface area (TPSA) is 55.0 Å². The molecule has 1 N–H and O–H groups in total. The van der Waals surface area contributed by atoms with Gasteiger partial charge in [0.2, 0.25) is 0 Å². The Kier molecular flexibility index (Phi) is 11.5.